The fraction of sp³-hybridized carbons (Fsp3) is 0.200. The van der Waals surface area contributed by atoms with Crippen molar-refractivity contribution in [3.63, 3.8) is 0 Å². The van der Waals surface area contributed by atoms with Crippen molar-refractivity contribution in [3.8, 4) is 11.5 Å². The fourth-order valence-electron chi connectivity index (χ4n) is 1.63. The quantitative estimate of drug-likeness (QED) is 0.457. The average Bonchev–Trinajstić information content (AvgIpc) is 2.52. The van der Waals surface area contributed by atoms with Gasteiger partial charge in [-0.3, -0.25) is 9.05 Å². The molecule has 132 valence electrons. The molecule has 0 aliphatic carbocycles. The number of para-hydroxylation sites is 2. The Hall–Kier alpha value is -0.586. The van der Waals surface area contributed by atoms with Crippen molar-refractivity contribution in [1.29, 1.82) is 0 Å². The van der Waals surface area contributed by atoms with Gasteiger partial charge in [0.25, 0.3) is 0 Å². The Balaban J connectivity index is 0.00000192. The van der Waals surface area contributed by atoms with Crippen LogP contribution in [0.3, 0.4) is 0 Å². The maximum Gasteiger partial charge on any atom is 4.00 e. The zero-order valence-corrected chi connectivity index (χ0v) is 16.7. The molecule has 7 nitrogen and oxygen atoms in total. The van der Waals surface area contributed by atoms with Crippen LogP contribution in [0.15, 0.2) is 60.7 Å². The largest absolute Gasteiger partial charge is 4.00 e. The van der Waals surface area contributed by atoms with E-state index in [1.54, 1.807) is 0 Å². The molecule has 0 amide bonds. The summed E-state index contributed by atoms with van der Waals surface area (Å²) in [6.07, 6.45) is 0.607. The van der Waals surface area contributed by atoms with E-state index in [0.29, 0.717) is 11.5 Å². The predicted molar refractivity (Wildman–Crippen MR) is 86.7 cm³/mol. The first-order chi connectivity index (χ1) is 10.8. The minimum atomic E-state index is -1.65. The Bertz CT molecular complexity index is 531. The third-order valence-corrected chi connectivity index (χ3v) is 5.32. The summed E-state index contributed by atoms with van der Waals surface area (Å²) in [7, 11) is -3.05. The summed E-state index contributed by atoms with van der Waals surface area (Å²) < 4.78 is 28.1. The Kier molecular flexibility index (Phi) is 12.4. The number of hydrogen-bond acceptors (Lipinski definition) is 5. The van der Waals surface area contributed by atoms with Gasteiger partial charge in [-0.2, -0.15) is 0 Å². The molecule has 0 atom stereocenters. The van der Waals surface area contributed by atoms with Gasteiger partial charge >= 0.3 is 38.9 Å². The van der Waals surface area contributed by atoms with E-state index < -0.39 is 17.2 Å². The van der Waals surface area contributed by atoms with Gasteiger partial charge in [0.2, 0.25) is 0 Å². The number of benzene rings is 2. The van der Waals surface area contributed by atoms with Crippen molar-refractivity contribution >= 4 is 17.2 Å². The van der Waals surface area contributed by atoms with E-state index in [9.17, 15) is 0 Å². The molecule has 1 fully saturated rings. The molecule has 0 unspecified atom stereocenters. The van der Waals surface area contributed by atoms with Crippen LogP contribution in [0, 0.1) is 0 Å². The number of hydrogen-bond donors (Lipinski definition) is 0. The van der Waals surface area contributed by atoms with Gasteiger partial charge in [-0.1, -0.05) is 43.3 Å². The van der Waals surface area contributed by atoms with Gasteiger partial charge in [-0.25, -0.2) is 4.31 Å². The van der Waals surface area contributed by atoms with Crippen molar-refractivity contribution in [2.75, 3.05) is 0 Å². The molecule has 0 radical (unpaired) electrons. The van der Waals surface area contributed by atoms with Crippen LogP contribution in [-0.4, -0.2) is 6.29 Å². The summed E-state index contributed by atoms with van der Waals surface area (Å²) in [5.41, 5.74) is 0. The van der Waals surface area contributed by atoms with Crippen LogP contribution in [0.25, 0.3) is 0 Å². The van der Waals surface area contributed by atoms with E-state index in [-0.39, 0.29) is 39.0 Å². The van der Waals surface area contributed by atoms with Crippen molar-refractivity contribution in [2.24, 2.45) is 0 Å². The summed E-state index contributed by atoms with van der Waals surface area (Å²) >= 11 is 0. The summed E-state index contributed by atoms with van der Waals surface area (Å²) in [5, 5.41) is 0. The minimum Gasteiger partial charge on any atom is -2.00 e. The zero-order chi connectivity index (χ0) is 15.2. The standard InChI is InChI=1S/C15H16O5P2.2O.Ti/c1-2-15-18-22(19-15)20-21(16-13-9-5-3-6-10-13)17-14-11-7-4-8-12-14;;;/h3-12,15H,2H2,1H3;;;/q;2*-2;+4. The molecule has 0 N–H and O–H groups in total. The third-order valence-electron chi connectivity index (χ3n) is 2.72. The van der Waals surface area contributed by atoms with Crippen LogP contribution >= 0.6 is 17.2 Å². The smallest absolute Gasteiger partial charge is 2.00 e. The van der Waals surface area contributed by atoms with E-state index in [4.69, 9.17) is 22.4 Å². The van der Waals surface area contributed by atoms with E-state index >= 15 is 0 Å². The molecule has 0 saturated carbocycles. The van der Waals surface area contributed by atoms with Gasteiger partial charge < -0.3 is 20.0 Å². The normalized spacial score (nSPS) is 18.0. The molecule has 0 aromatic heterocycles. The van der Waals surface area contributed by atoms with Crippen LogP contribution in [0.4, 0.5) is 0 Å². The summed E-state index contributed by atoms with van der Waals surface area (Å²) in [6.45, 7) is 1.99. The van der Waals surface area contributed by atoms with Crippen LogP contribution in [0.5, 0.6) is 11.5 Å². The molecular weight excluding hydrogens is 402 g/mol. The third kappa shape index (κ3) is 7.67. The molecule has 1 saturated heterocycles. The molecule has 1 aliphatic rings. The summed E-state index contributed by atoms with van der Waals surface area (Å²) in [6, 6.07) is 18.8. The summed E-state index contributed by atoms with van der Waals surface area (Å²) in [5.74, 6) is 1.35. The predicted octanol–water partition coefficient (Wildman–Crippen LogP) is 5.16. The van der Waals surface area contributed by atoms with Gasteiger partial charge in [-0.05, 0) is 30.7 Å². The Morgan fingerprint density at radius 1 is 0.880 bits per heavy atom. The Morgan fingerprint density at radius 3 is 1.72 bits per heavy atom. The first-order valence-electron chi connectivity index (χ1n) is 6.91. The fourth-order valence-corrected chi connectivity index (χ4v) is 3.96. The van der Waals surface area contributed by atoms with Gasteiger partial charge in [-0.15, -0.1) is 0 Å². The molecule has 2 aromatic rings. The molecule has 10 heteroatoms. The molecule has 1 heterocycles. The first kappa shape index (κ1) is 24.4. The van der Waals surface area contributed by atoms with Crippen LogP contribution in [0.2, 0.25) is 0 Å². The van der Waals surface area contributed by atoms with Crippen LogP contribution in [0.1, 0.15) is 13.3 Å². The second-order valence-electron chi connectivity index (χ2n) is 4.39. The number of rotatable bonds is 7. The van der Waals surface area contributed by atoms with Crippen molar-refractivity contribution in [2.45, 2.75) is 19.6 Å². The van der Waals surface area contributed by atoms with Gasteiger partial charge in [0.05, 0.1) is 0 Å². The van der Waals surface area contributed by atoms with Crippen molar-refractivity contribution in [3.05, 3.63) is 60.7 Å². The monoisotopic (exact) mass is 418 g/mol. The van der Waals surface area contributed by atoms with E-state index in [2.05, 4.69) is 0 Å². The van der Waals surface area contributed by atoms with Gasteiger partial charge in [0.1, 0.15) is 11.5 Å². The maximum absolute atomic E-state index is 5.77. The summed E-state index contributed by atoms with van der Waals surface area (Å²) in [4.78, 5) is 0. The Morgan fingerprint density at radius 2 is 1.32 bits per heavy atom. The SMILES string of the molecule is CCC1OP(OP(Oc2ccccc2)Oc2ccccc2)O1.[O-2].[O-2].[Ti+4]. The first-order valence-corrected chi connectivity index (χ1v) is 9.10. The van der Waals surface area contributed by atoms with Crippen LogP contribution < -0.4 is 9.05 Å². The molecule has 2 aromatic carbocycles. The van der Waals surface area contributed by atoms with E-state index in [1.165, 1.54) is 0 Å². The zero-order valence-electron chi connectivity index (χ0n) is 13.3. The Labute approximate surface area is 164 Å². The van der Waals surface area contributed by atoms with E-state index in [1.807, 2.05) is 67.6 Å². The second kappa shape index (κ2) is 12.7. The minimum absolute atomic E-state index is 0. The second-order valence-corrected chi connectivity index (χ2v) is 6.72. The molecule has 3 rings (SSSR count). The van der Waals surface area contributed by atoms with Crippen molar-refractivity contribution in [1.82, 2.24) is 0 Å². The molecule has 0 bridgehead atoms. The average molecular weight is 418 g/mol. The molecular formula is C15H16O7P2Ti. The van der Waals surface area contributed by atoms with Gasteiger partial charge in [0, 0.05) is 0 Å². The topological polar surface area (TPSA) is 103 Å². The molecule has 1 aliphatic heterocycles. The van der Waals surface area contributed by atoms with Gasteiger partial charge in [0.15, 0.2) is 6.29 Å². The van der Waals surface area contributed by atoms with Crippen LogP contribution in [-0.2, 0) is 46.0 Å². The maximum atomic E-state index is 5.77. The van der Waals surface area contributed by atoms with E-state index in [0.717, 1.165) is 6.42 Å². The molecule has 0 spiro atoms. The van der Waals surface area contributed by atoms with Crippen molar-refractivity contribution < 1.29 is 55.1 Å². The molecule has 25 heavy (non-hydrogen) atoms.